The van der Waals surface area contributed by atoms with E-state index in [9.17, 15) is 4.79 Å². The molecule has 6 heteroatoms. The Kier molecular flexibility index (Phi) is 7.27. The minimum atomic E-state index is -0.176. The van der Waals surface area contributed by atoms with E-state index in [4.69, 9.17) is 4.74 Å². The number of aliphatic imine (C=N–C) groups is 1. The molecule has 0 fully saturated rings. The van der Waals surface area contributed by atoms with Gasteiger partial charge in [0.2, 0.25) is 0 Å². The molecule has 158 valence electrons. The first-order valence-corrected chi connectivity index (χ1v) is 10.2. The standard InChI is InChI=1S/C25H26N4O2/c1-5-19(16-26-6-2)22-12-13-27-25(29-22)31-23-15-21(11-10-18(23)4)28-24(30)20-9-7-8-17(3)14-20/h5,7-16H,6H2,1-4H3,(H,28,30)/b19-5+,26-16?. The monoisotopic (exact) mass is 414 g/mol. The van der Waals surface area contributed by atoms with E-state index in [0.29, 0.717) is 23.5 Å². The molecule has 2 aromatic carbocycles. The van der Waals surface area contributed by atoms with Crippen molar-refractivity contribution in [3.63, 3.8) is 0 Å². The van der Waals surface area contributed by atoms with Crippen LogP contribution in [0.2, 0.25) is 0 Å². The number of hydrogen-bond donors (Lipinski definition) is 1. The summed E-state index contributed by atoms with van der Waals surface area (Å²) < 4.78 is 5.95. The molecule has 0 radical (unpaired) electrons. The molecule has 1 amide bonds. The highest BCUT2D eigenvalue weighted by molar-refractivity contribution is 6.08. The number of amides is 1. The van der Waals surface area contributed by atoms with Crippen molar-refractivity contribution in [1.82, 2.24) is 9.97 Å². The van der Waals surface area contributed by atoms with E-state index >= 15 is 0 Å². The molecule has 6 nitrogen and oxygen atoms in total. The van der Waals surface area contributed by atoms with Crippen LogP contribution in [0.25, 0.3) is 5.57 Å². The van der Waals surface area contributed by atoms with Crippen LogP contribution in [0.3, 0.4) is 0 Å². The van der Waals surface area contributed by atoms with Crippen molar-refractivity contribution in [2.24, 2.45) is 4.99 Å². The highest BCUT2D eigenvalue weighted by Gasteiger charge is 2.11. The van der Waals surface area contributed by atoms with Gasteiger partial charge in [-0.25, -0.2) is 4.98 Å². The smallest absolute Gasteiger partial charge is 0.322 e. The summed E-state index contributed by atoms with van der Waals surface area (Å²) in [5.41, 5.74) is 4.79. The van der Waals surface area contributed by atoms with E-state index in [2.05, 4.69) is 20.3 Å². The number of anilines is 1. The van der Waals surface area contributed by atoms with Crippen molar-refractivity contribution >= 4 is 23.4 Å². The Bertz CT molecular complexity index is 1140. The molecule has 0 bridgehead atoms. The number of carbonyl (C=O) groups is 1. The largest absolute Gasteiger partial charge is 0.424 e. The van der Waals surface area contributed by atoms with Crippen LogP contribution in [0.4, 0.5) is 5.69 Å². The lowest BCUT2D eigenvalue weighted by Gasteiger charge is -2.11. The van der Waals surface area contributed by atoms with Gasteiger partial charge in [0.15, 0.2) is 0 Å². The third-order valence-corrected chi connectivity index (χ3v) is 4.58. The molecular weight excluding hydrogens is 388 g/mol. The van der Waals surface area contributed by atoms with Crippen LogP contribution in [0.15, 0.2) is 65.8 Å². The molecule has 0 spiro atoms. The second-order valence-corrected chi connectivity index (χ2v) is 7.00. The van der Waals surface area contributed by atoms with Crippen molar-refractivity contribution in [2.45, 2.75) is 27.7 Å². The summed E-state index contributed by atoms with van der Waals surface area (Å²) in [4.78, 5) is 25.6. The number of rotatable bonds is 7. The molecule has 0 aliphatic carbocycles. The van der Waals surface area contributed by atoms with E-state index in [-0.39, 0.29) is 11.9 Å². The molecule has 3 rings (SSSR count). The van der Waals surface area contributed by atoms with E-state index in [1.807, 2.05) is 70.2 Å². The van der Waals surface area contributed by atoms with Crippen LogP contribution < -0.4 is 10.1 Å². The lowest BCUT2D eigenvalue weighted by Crippen LogP contribution is -2.12. The van der Waals surface area contributed by atoms with E-state index < -0.39 is 0 Å². The van der Waals surface area contributed by atoms with Crippen LogP contribution in [0, 0.1) is 13.8 Å². The summed E-state index contributed by atoms with van der Waals surface area (Å²) in [5, 5.41) is 2.91. The molecule has 1 aromatic heterocycles. The SMILES string of the molecule is C/C=C(\C=NCC)c1ccnc(Oc2cc(NC(=O)c3cccc(C)c3)ccc2C)n1. The predicted octanol–water partition coefficient (Wildman–Crippen LogP) is 5.63. The van der Waals surface area contributed by atoms with Gasteiger partial charge in [-0.1, -0.05) is 29.8 Å². The van der Waals surface area contributed by atoms with Crippen molar-refractivity contribution in [3.05, 3.63) is 83.2 Å². The minimum Gasteiger partial charge on any atom is -0.424 e. The third kappa shape index (κ3) is 5.85. The molecule has 3 aromatic rings. The average Bonchev–Trinajstić information content (AvgIpc) is 2.77. The number of aryl methyl sites for hydroxylation is 2. The molecule has 31 heavy (non-hydrogen) atoms. The molecular formula is C25H26N4O2. The average molecular weight is 415 g/mol. The lowest BCUT2D eigenvalue weighted by atomic mass is 10.1. The summed E-state index contributed by atoms with van der Waals surface area (Å²) in [6.45, 7) is 8.49. The minimum absolute atomic E-state index is 0.176. The van der Waals surface area contributed by atoms with Crippen molar-refractivity contribution in [2.75, 3.05) is 11.9 Å². The summed E-state index contributed by atoms with van der Waals surface area (Å²) in [6.07, 6.45) is 5.39. The molecule has 1 heterocycles. The fourth-order valence-corrected chi connectivity index (χ4v) is 2.90. The van der Waals surface area contributed by atoms with E-state index in [1.165, 1.54) is 0 Å². The van der Waals surface area contributed by atoms with Crippen LogP contribution in [-0.4, -0.2) is 28.6 Å². The molecule has 0 unspecified atom stereocenters. The topological polar surface area (TPSA) is 76.5 Å². The van der Waals surface area contributed by atoms with Gasteiger partial charge in [0.05, 0.1) is 5.69 Å². The van der Waals surface area contributed by atoms with Gasteiger partial charge in [0.1, 0.15) is 5.75 Å². The quantitative estimate of drug-likeness (QED) is 0.508. The molecule has 0 saturated heterocycles. The molecule has 0 atom stereocenters. The van der Waals surface area contributed by atoms with Gasteiger partial charge < -0.3 is 10.1 Å². The Morgan fingerprint density at radius 3 is 2.74 bits per heavy atom. The first-order chi connectivity index (χ1) is 15.0. The molecule has 1 N–H and O–H groups in total. The lowest BCUT2D eigenvalue weighted by molar-refractivity contribution is 0.102. The summed E-state index contributed by atoms with van der Waals surface area (Å²) >= 11 is 0. The van der Waals surface area contributed by atoms with Gasteiger partial charge in [-0.2, -0.15) is 4.98 Å². The maximum atomic E-state index is 12.6. The van der Waals surface area contributed by atoms with Crippen molar-refractivity contribution in [3.8, 4) is 11.8 Å². The van der Waals surface area contributed by atoms with Crippen molar-refractivity contribution in [1.29, 1.82) is 0 Å². The Morgan fingerprint density at radius 2 is 2.00 bits per heavy atom. The van der Waals surface area contributed by atoms with E-state index in [1.54, 1.807) is 24.5 Å². The highest BCUT2D eigenvalue weighted by Crippen LogP contribution is 2.27. The summed E-state index contributed by atoms with van der Waals surface area (Å²) in [5.74, 6) is 0.396. The zero-order chi connectivity index (χ0) is 22.2. The van der Waals surface area contributed by atoms with Crippen LogP contribution in [-0.2, 0) is 0 Å². The fraction of sp³-hybridized carbons (Fsp3) is 0.200. The molecule has 0 saturated carbocycles. The van der Waals surface area contributed by atoms with Gasteiger partial charge in [-0.05, 0) is 57.5 Å². The summed E-state index contributed by atoms with van der Waals surface area (Å²) in [6, 6.07) is 15.0. The maximum Gasteiger partial charge on any atom is 0.322 e. The Morgan fingerprint density at radius 1 is 1.16 bits per heavy atom. The number of carbonyl (C=O) groups excluding carboxylic acids is 1. The highest BCUT2D eigenvalue weighted by atomic mass is 16.5. The Hall–Kier alpha value is -3.80. The number of benzene rings is 2. The maximum absolute atomic E-state index is 12.6. The van der Waals surface area contributed by atoms with Crippen LogP contribution in [0.1, 0.15) is 41.0 Å². The number of nitrogens with one attached hydrogen (secondary N) is 1. The van der Waals surface area contributed by atoms with Crippen molar-refractivity contribution < 1.29 is 9.53 Å². The van der Waals surface area contributed by atoms with Gasteiger partial charge in [0, 0.05) is 41.8 Å². The summed E-state index contributed by atoms with van der Waals surface area (Å²) in [7, 11) is 0. The zero-order valence-electron chi connectivity index (χ0n) is 18.2. The number of ether oxygens (including phenoxy) is 1. The van der Waals surface area contributed by atoms with Gasteiger partial charge in [0.25, 0.3) is 5.91 Å². The third-order valence-electron chi connectivity index (χ3n) is 4.58. The zero-order valence-corrected chi connectivity index (χ0v) is 18.2. The second kappa shape index (κ2) is 10.3. The number of hydrogen-bond acceptors (Lipinski definition) is 5. The number of aromatic nitrogens is 2. The molecule has 0 aliphatic heterocycles. The second-order valence-electron chi connectivity index (χ2n) is 7.00. The predicted molar refractivity (Wildman–Crippen MR) is 125 cm³/mol. The normalized spacial score (nSPS) is 11.5. The molecule has 0 aliphatic rings. The fourth-order valence-electron chi connectivity index (χ4n) is 2.90. The number of allylic oxidation sites excluding steroid dienone is 2. The Balaban J connectivity index is 1.80. The van der Waals surface area contributed by atoms with Gasteiger partial charge in [-0.3, -0.25) is 9.79 Å². The van der Waals surface area contributed by atoms with Gasteiger partial charge >= 0.3 is 6.01 Å². The van der Waals surface area contributed by atoms with Crippen LogP contribution >= 0.6 is 0 Å². The Labute approximate surface area is 182 Å². The van der Waals surface area contributed by atoms with Gasteiger partial charge in [-0.15, -0.1) is 0 Å². The first kappa shape index (κ1) is 21.9. The first-order valence-electron chi connectivity index (χ1n) is 10.2. The van der Waals surface area contributed by atoms with Crippen LogP contribution in [0.5, 0.6) is 11.8 Å². The van der Waals surface area contributed by atoms with E-state index in [0.717, 1.165) is 22.4 Å². The number of nitrogens with zero attached hydrogens (tertiary/aromatic N) is 3.